The Morgan fingerprint density at radius 1 is 1.05 bits per heavy atom. The van der Waals surface area contributed by atoms with E-state index in [4.69, 9.17) is 0 Å². The lowest BCUT2D eigenvalue weighted by molar-refractivity contribution is -0.141. The summed E-state index contributed by atoms with van der Waals surface area (Å²) in [6.07, 6.45) is 1.83. The predicted molar refractivity (Wildman–Crippen MR) is 84.0 cm³/mol. The van der Waals surface area contributed by atoms with Gasteiger partial charge >= 0.3 is 11.9 Å². The van der Waals surface area contributed by atoms with Gasteiger partial charge in [-0.25, -0.2) is 19.6 Å². The van der Waals surface area contributed by atoms with Crippen LogP contribution in [0.25, 0.3) is 0 Å². The number of aromatic nitrogens is 2. The van der Waals surface area contributed by atoms with Crippen molar-refractivity contribution in [3.63, 3.8) is 0 Å². The maximum Gasteiger partial charge on any atom is 0.328 e. The van der Waals surface area contributed by atoms with E-state index in [0.717, 1.165) is 0 Å². The lowest BCUT2D eigenvalue weighted by Crippen LogP contribution is -2.29. The molecule has 0 aliphatic rings. The number of anilines is 2. The molecule has 0 spiro atoms. The lowest BCUT2D eigenvalue weighted by Gasteiger charge is -2.16. The summed E-state index contributed by atoms with van der Waals surface area (Å²) in [5.74, 6) is 0.108. The van der Waals surface area contributed by atoms with Gasteiger partial charge in [-0.05, 0) is 20.1 Å². The monoisotopic (exact) mass is 328 g/mol. The van der Waals surface area contributed by atoms with Crippen LogP contribution in [0.3, 0.4) is 0 Å². The Balaban J connectivity index is 2.93. The summed E-state index contributed by atoms with van der Waals surface area (Å²) in [4.78, 5) is 31.4. The molecule has 2 N–H and O–H groups in total. The Bertz CT molecular complexity index is 499. The first-order valence-electron chi connectivity index (χ1n) is 6.53. The third-order valence-corrected chi connectivity index (χ3v) is 3.27. The number of esters is 2. The molecule has 0 aromatic carbocycles. The van der Waals surface area contributed by atoms with Gasteiger partial charge in [0, 0.05) is 6.07 Å². The molecule has 0 saturated heterocycles. The highest BCUT2D eigenvalue weighted by molar-refractivity contribution is 7.98. The molecule has 2 unspecified atom stereocenters. The number of hydrogen-bond donors (Lipinski definition) is 2. The first-order chi connectivity index (χ1) is 10.4. The van der Waals surface area contributed by atoms with E-state index in [2.05, 4.69) is 30.1 Å². The van der Waals surface area contributed by atoms with Crippen molar-refractivity contribution >= 4 is 35.3 Å². The molecule has 1 aromatic rings. The zero-order chi connectivity index (χ0) is 16.7. The second-order valence-corrected chi connectivity index (χ2v) is 5.18. The second-order valence-electron chi connectivity index (χ2n) is 4.40. The van der Waals surface area contributed by atoms with Gasteiger partial charge < -0.3 is 20.1 Å². The number of thioether (sulfide) groups is 1. The highest BCUT2D eigenvalue weighted by atomic mass is 32.2. The minimum atomic E-state index is -0.555. The molecule has 2 atom stereocenters. The Hall–Kier alpha value is -2.03. The number of methoxy groups -OCH3 is 2. The fourth-order valence-corrected chi connectivity index (χ4v) is 1.96. The van der Waals surface area contributed by atoms with E-state index in [1.165, 1.54) is 26.0 Å². The lowest BCUT2D eigenvalue weighted by atomic mass is 10.3. The Kier molecular flexibility index (Phi) is 6.90. The Labute approximate surface area is 133 Å². The molecule has 0 aliphatic heterocycles. The van der Waals surface area contributed by atoms with Crippen LogP contribution >= 0.6 is 11.8 Å². The van der Waals surface area contributed by atoms with E-state index >= 15 is 0 Å². The van der Waals surface area contributed by atoms with Gasteiger partial charge in [-0.3, -0.25) is 0 Å². The highest BCUT2D eigenvalue weighted by Crippen LogP contribution is 2.18. The number of ether oxygens (including phenoxy) is 2. The molecule has 0 saturated carbocycles. The highest BCUT2D eigenvalue weighted by Gasteiger charge is 2.17. The van der Waals surface area contributed by atoms with Crippen molar-refractivity contribution in [3.8, 4) is 0 Å². The van der Waals surface area contributed by atoms with Crippen molar-refractivity contribution in [1.29, 1.82) is 0 Å². The summed E-state index contributed by atoms with van der Waals surface area (Å²) in [7, 11) is 2.64. The topological polar surface area (TPSA) is 102 Å². The van der Waals surface area contributed by atoms with Crippen molar-refractivity contribution < 1.29 is 19.1 Å². The molecule has 0 bridgehead atoms. The number of nitrogens with zero attached hydrogens (tertiary/aromatic N) is 2. The third-order valence-electron chi connectivity index (χ3n) is 2.73. The molecule has 22 heavy (non-hydrogen) atoms. The van der Waals surface area contributed by atoms with Crippen LogP contribution in [-0.2, 0) is 19.1 Å². The Morgan fingerprint density at radius 3 is 1.77 bits per heavy atom. The van der Waals surface area contributed by atoms with E-state index in [1.54, 1.807) is 19.9 Å². The third kappa shape index (κ3) is 5.06. The average Bonchev–Trinajstić information content (AvgIpc) is 2.52. The van der Waals surface area contributed by atoms with Crippen LogP contribution in [0, 0.1) is 0 Å². The number of hydrogen-bond acceptors (Lipinski definition) is 9. The van der Waals surface area contributed by atoms with Crippen LogP contribution in [0.4, 0.5) is 11.6 Å². The van der Waals surface area contributed by atoms with Crippen molar-refractivity contribution in [2.45, 2.75) is 31.1 Å². The number of carbonyl (C=O) groups excluding carboxylic acids is 2. The van der Waals surface area contributed by atoms with Gasteiger partial charge in [0.05, 0.1) is 14.2 Å². The average molecular weight is 328 g/mol. The van der Waals surface area contributed by atoms with Gasteiger partial charge in [0.1, 0.15) is 23.7 Å². The van der Waals surface area contributed by atoms with Gasteiger partial charge in [-0.1, -0.05) is 11.8 Å². The van der Waals surface area contributed by atoms with Crippen LogP contribution in [0.15, 0.2) is 11.2 Å². The molecule has 1 rings (SSSR count). The molecule has 8 nitrogen and oxygen atoms in total. The van der Waals surface area contributed by atoms with E-state index in [-0.39, 0.29) is 0 Å². The van der Waals surface area contributed by atoms with Crippen molar-refractivity contribution in [3.05, 3.63) is 6.07 Å². The van der Waals surface area contributed by atoms with Crippen LogP contribution in [0.2, 0.25) is 0 Å². The SMILES string of the molecule is COC(=O)C(C)Nc1cc(NC(C)C(=O)OC)nc(SC)n1. The van der Waals surface area contributed by atoms with Crippen molar-refractivity contribution in [2.24, 2.45) is 0 Å². The molecular formula is C13H20N4O4S. The van der Waals surface area contributed by atoms with Crippen LogP contribution < -0.4 is 10.6 Å². The van der Waals surface area contributed by atoms with Crippen LogP contribution in [0.1, 0.15) is 13.8 Å². The van der Waals surface area contributed by atoms with Crippen LogP contribution in [-0.4, -0.2) is 54.5 Å². The summed E-state index contributed by atoms with van der Waals surface area (Å²) < 4.78 is 9.31. The van der Waals surface area contributed by atoms with E-state index in [0.29, 0.717) is 16.8 Å². The maximum absolute atomic E-state index is 11.5. The second kappa shape index (κ2) is 8.42. The van der Waals surface area contributed by atoms with Gasteiger partial charge in [0.25, 0.3) is 0 Å². The summed E-state index contributed by atoms with van der Waals surface area (Å²) in [6.45, 7) is 3.33. The van der Waals surface area contributed by atoms with Crippen LogP contribution in [0.5, 0.6) is 0 Å². The fraction of sp³-hybridized carbons (Fsp3) is 0.538. The summed E-state index contributed by atoms with van der Waals surface area (Å²) in [6, 6.07) is 0.500. The first-order valence-corrected chi connectivity index (χ1v) is 7.75. The molecule has 0 fully saturated rings. The molecule has 122 valence electrons. The molecule has 0 radical (unpaired) electrons. The number of carbonyl (C=O) groups is 2. The molecule has 0 amide bonds. The molecule has 1 aromatic heterocycles. The normalized spacial score (nSPS) is 13.0. The number of rotatable bonds is 7. The Morgan fingerprint density at radius 2 is 1.45 bits per heavy atom. The molecule has 1 heterocycles. The smallest absolute Gasteiger partial charge is 0.328 e. The zero-order valence-corrected chi connectivity index (χ0v) is 14.0. The standard InChI is InChI=1S/C13H20N4O4S/c1-7(11(18)20-3)14-9-6-10(17-13(16-9)22-5)15-8(2)12(19)21-4/h6-8H,1-5H3,(H2,14,15,16,17). The minimum absolute atomic E-state index is 0.401. The van der Waals surface area contributed by atoms with E-state index in [1.807, 2.05) is 6.26 Å². The zero-order valence-electron chi connectivity index (χ0n) is 13.2. The predicted octanol–water partition coefficient (Wildman–Crippen LogP) is 1.15. The number of nitrogens with one attached hydrogen (secondary N) is 2. The van der Waals surface area contributed by atoms with Gasteiger partial charge in [-0.15, -0.1) is 0 Å². The largest absolute Gasteiger partial charge is 0.467 e. The van der Waals surface area contributed by atoms with Crippen molar-refractivity contribution in [1.82, 2.24) is 9.97 Å². The van der Waals surface area contributed by atoms with Gasteiger partial charge in [0.2, 0.25) is 0 Å². The molecule has 9 heteroatoms. The van der Waals surface area contributed by atoms with Gasteiger partial charge in [-0.2, -0.15) is 0 Å². The van der Waals surface area contributed by atoms with Gasteiger partial charge in [0.15, 0.2) is 5.16 Å². The molecular weight excluding hydrogens is 308 g/mol. The molecule has 0 aliphatic carbocycles. The quantitative estimate of drug-likeness (QED) is 0.433. The first kappa shape index (κ1) is 18.0. The van der Waals surface area contributed by atoms with Crippen molar-refractivity contribution in [2.75, 3.05) is 31.1 Å². The summed E-state index contributed by atoms with van der Waals surface area (Å²) in [5.41, 5.74) is 0. The van der Waals surface area contributed by atoms with E-state index in [9.17, 15) is 9.59 Å². The maximum atomic E-state index is 11.5. The summed E-state index contributed by atoms with van der Waals surface area (Å²) in [5, 5.41) is 6.36. The minimum Gasteiger partial charge on any atom is -0.467 e. The van der Waals surface area contributed by atoms with E-state index < -0.39 is 24.0 Å². The summed E-state index contributed by atoms with van der Waals surface area (Å²) >= 11 is 1.35. The fourth-order valence-electron chi connectivity index (χ4n) is 1.58.